The highest BCUT2D eigenvalue weighted by atomic mass is 14.6. The Morgan fingerprint density at radius 3 is 2.33 bits per heavy atom. The van der Waals surface area contributed by atoms with Gasteiger partial charge in [-0.25, -0.2) is 0 Å². The second kappa shape index (κ2) is 6.81. The first-order valence-corrected chi connectivity index (χ1v) is 11.2. The van der Waals surface area contributed by atoms with E-state index in [4.69, 9.17) is 0 Å². The maximum absolute atomic E-state index is 4.33. The van der Waals surface area contributed by atoms with Crippen molar-refractivity contribution in [1.29, 1.82) is 0 Å². The third-order valence-corrected chi connectivity index (χ3v) is 9.31. The van der Waals surface area contributed by atoms with Gasteiger partial charge in [-0.2, -0.15) is 0 Å². The fourth-order valence-electron chi connectivity index (χ4n) is 7.94. The Morgan fingerprint density at radius 1 is 0.917 bits per heavy atom. The number of fused-ring (bicyclic) bond motifs is 5. The number of hydrogen-bond acceptors (Lipinski definition) is 0. The van der Waals surface area contributed by atoms with Crippen molar-refractivity contribution in [2.45, 2.75) is 98.8 Å². The molecule has 4 aliphatic carbocycles. The fourth-order valence-corrected chi connectivity index (χ4v) is 7.94. The minimum Gasteiger partial charge on any atom is -0.0999 e. The molecular weight excluding hydrogens is 288 g/mol. The summed E-state index contributed by atoms with van der Waals surface area (Å²) in [5, 5.41) is 0. The molecule has 0 aromatic heterocycles. The molecule has 138 valence electrons. The number of hydrogen-bond donors (Lipinski definition) is 0. The molecule has 0 N–H and O–H groups in total. The highest BCUT2D eigenvalue weighted by Gasteiger charge is 2.59. The van der Waals surface area contributed by atoms with Crippen LogP contribution in [0.3, 0.4) is 0 Å². The van der Waals surface area contributed by atoms with E-state index in [1.807, 2.05) is 13.8 Å². The summed E-state index contributed by atoms with van der Waals surface area (Å²) in [7, 11) is 0. The van der Waals surface area contributed by atoms with Gasteiger partial charge in [0, 0.05) is 0 Å². The Labute approximate surface area is 151 Å². The summed E-state index contributed by atoms with van der Waals surface area (Å²) in [4.78, 5) is 0. The van der Waals surface area contributed by atoms with Crippen LogP contribution in [0.25, 0.3) is 0 Å². The SMILES string of the molecule is C=C1CCC2(C)C(CCC3C4CCC(CC)C4(C)CCC32)C1.CC. The second-order valence-corrected chi connectivity index (χ2v) is 9.84. The molecule has 4 saturated carbocycles. The van der Waals surface area contributed by atoms with E-state index in [0.29, 0.717) is 10.8 Å². The molecule has 24 heavy (non-hydrogen) atoms. The van der Waals surface area contributed by atoms with Crippen LogP contribution in [0.5, 0.6) is 0 Å². The summed E-state index contributed by atoms with van der Waals surface area (Å²) >= 11 is 0. The normalized spacial score (nSPS) is 50.2. The quantitative estimate of drug-likeness (QED) is 0.433. The van der Waals surface area contributed by atoms with E-state index in [1.54, 1.807) is 12.0 Å². The zero-order valence-electron chi connectivity index (χ0n) is 17.2. The molecule has 0 saturated heterocycles. The summed E-state index contributed by atoms with van der Waals surface area (Å²) in [5.41, 5.74) is 2.89. The molecule has 0 aromatic rings. The van der Waals surface area contributed by atoms with Crippen LogP contribution in [-0.4, -0.2) is 0 Å². The molecule has 0 heterocycles. The van der Waals surface area contributed by atoms with Crippen LogP contribution < -0.4 is 0 Å². The Morgan fingerprint density at radius 2 is 1.62 bits per heavy atom. The van der Waals surface area contributed by atoms with Crippen LogP contribution in [0.4, 0.5) is 0 Å². The highest BCUT2D eigenvalue weighted by molar-refractivity contribution is 5.13. The van der Waals surface area contributed by atoms with Crippen LogP contribution in [0, 0.1) is 40.4 Å². The standard InChI is InChI=1S/C22H36.C2H6/c1-5-16-7-9-19-18-8-6-17-14-15(2)10-12-22(17,4)20(18)11-13-21(16,19)3;1-2/h16-20H,2,5-14H2,1,3-4H3;1-2H3. The highest BCUT2D eigenvalue weighted by Crippen LogP contribution is 2.67. The predicted octanol–water partition coefficient (Wildman–Crippen LogP) is 7.64. The van der Waals surface area contributed by atoms with Crippen molar-refractivity contribution in [1.82, 2.24) is 0 Å². The Hall–Kier alpha value is -0.260. The van der Waals surface area contributed by atoms with Crippen molar-refractivity contribution in [3.63, 3.8) is 0 Å². The van der Waals surface area contributed by atoms with Gasteiger partial charge in [0.25, 0.3) is 0 Å². The summed E-state index contributed by atoms with van der Waals surface area (Å²) < 4.78 is 0. The predicted molar refractivity (Wildman–Crippen MR) is 106 cm³/mol. The van der Waals surface area contributed by atoms with Crippen molar-refractivity contribution in [3.8, 4) is 0 Å². The van der Waals surface area contributed by atoms with E-state index in [-0.39, 0.29) is 0 Å². The van der Waals surface area contributed by atoms with Crippen molar-refractivity contribution >= 4 is 0 Å². The van der Waals surface area contributed by atoms with E-state index < -0.39 is 0 Å². The largest absolute Gasteiger partial charge is 0.0999 e. The lowest BCUT2D eigenvalue weighted by Gasteiger charge is -2.60. The molecular formula is C24H42. The zero-order valence-corrected chi connectivity index (χ0v) is 17.2. The maximum atomic E-state index is 4.33. The molecule has 4 aliphatic rings. The fraction of sp³-hybridized carbons (Fsp3) is 0.917. The van der Waals surface area contributed by atoms with Crippen LogP contribution in [0.1, 0.15) is 98.8 Å². The molecule has 0 heteroatoms. The van der Waals surface area contributed by atoms with Gasteiger partial charge < -0.3 is 0 Å². The zero-order chi connectivity index (χ0) is 17.5. The lowest BCUT2D eigenvalue weighted by Crippen LogP contribution is -2.52. The van der Waals surface area contributed by atoms with Crippen LogP contribution in [-0.2, 0) is 0 Å². The van der Waals surface area contributed by atoms with E-state index in [1.165, 1.54) is 57.8 Å². The van der Waals surface area contributed by atoms with Crippen molar-refractivity contribution < 1.29 is 0 Å². The van der Waals surface area contributed by atoms with Crippen molar-refractivity contribution in [2.24, 2.45) is 40.4 Å². The van der Waals surface area contributed by atoms with E-state index in [2.05, 4.69) is 27.4 Å². The molecule has 0 amide bonds. The summed E-state index contributed by atoms with van der Waals surface area (Å²) in [6.45, 7) is 16.1. The van der Waals surface area contributed by atoms with E-state index in [0.717, 1.165) is 29.6 Å². The molecule has 0 aromatic carbocycles. The van der Waals surface area contributed by atoms with Gasteiger partial charge in [-0.3, -0.25) is 0 Å². The molecule has 0 bridgehead atoms. The van der Waals surface area contributed by atoms with E-state index in [9.17, 15) is 0 Å². The molecule has 0 aliphatic heterocycles. The van der Waals surface area contributed by atoms with Crippen molar-refractivity contribution in [3.05, 3.63) is 12.2 Å². The smallest absolute Gasteiger partial charge is 0.0260 e. The molecule has 0 spiro atoms. The van der Waals surface area contributed by atoms with Gasteiger partial charge in [0.2, 0.25) is 0 Å². The summed E-state index contributed by atoms with van der Waals surface area (Å²) in [6, 6.07) is 0. The second-order valence-electron chi connectivity index (χ2n) is 9.84. The summed E-state index contributed by atoms with van der Waals surface area (Å²) in [6.07, 6.45) is 14.7. The van der Waals surface area contributed by atoms with Crippen molar-refractivity contribution in [2.75, 3.05) is 0 Å². The van der Waals surface area contributed by atoms with Gasteiger partial charge in [0.1, 0.15) is 0 Å². The minimum atomic E-state index is 0.649. The van der Waals surface area contributed by atoms with Crippen LogP contribution >= 0.6 is 0 Å². The van der Waals surface area contributed by atoms with Gasteiger partial charge in [0.15, 0.2) is 0 Å². The lowest BCUT2D eigenvalue weighted by atomic mass is 9.44. The molecule has 7 atom stereocenters. The monoisotopic (exact) mass is 330 g/mol. The summed E-state index contributed by atoms with van der Waals surface area (Å²) in [5.74, 6) is 5.13. The molecule has 4 fully saturated rings. The number of allylic oxidation sites excluding steroid dienone is 1. The first kappa shape index (κ1) is 18.5. The average Bonchev–Trinajstić information content (AvgIpc) is 2.93. The Bertz CT molecular complexity index is 463. The Balaban J connectivity index is 0.000000815. The van der Waals surface area contributed by atoms with Crippen LogP contribution in [0.2, 0.25) is 0 Å². The average molecular weight is 331 g/mol. The topological polar surface area (TPSA) is 0 Å². The maximum Gasteiger partial charge on any atom is -0.0260 e. The lowest BCUT2D eigenvalue weighted by molar-refractivity contribution is -0.105. The van der Waals surface area contributed by atoms with Gasteiger partial charge in [-0.15, -0.1) is 0 Å². The van der Waals surface area contributed by atoms with Gasteiger partial charge in [-0.05, 0) is 98.2 Å². The molecule has 4 rings (SSSR count). The molecule has 7 unspecified atom stereocenters. The van der Waals surface area contributed by atoms with Gasteiger partial charge >= 0.3 is 0 Å². The minimum absolute atomic E-state index is 0.649. The van der Waals surface area contributed by atoms with Crippen LogP contribution in [0.15, 0.2) is 12.2 Å². The van der Waals surface area contributed by atoms with E-state index >= 15 is 0 Å². The first-order valence-electron chi connectivity index (χ1n) is 11.2. The first-order chi connectivity index (χ1) is 11.5. The third-order valence-electron chi connectivity index (χ3n) is 9.31. The Kier molecular flexibility index (Phi) is 5.25. The van der Waals surface area contributed by atoms with Gasteiger partial charge in [-0.1, -0.05) is 53.2 Å². The van der Waals surface area contributed by atoms with Gasteiger partial charge in [0.05, 0.1) is 0 Å². The number of rotatable bonds is 1. The third kappa shape index (κ3) is 2.62. The molecule has 0 radical (unpaired) electrons. The molecule has 0 nitrogen and oxygen atoms in total.